The average molecular weight is 491 g/mol. The molecule has 0 spiro atoms. The minimum Gasteiger partial charge on any atom is -0.357 e. The molecule has 2 N–H and O–H groups in total. The van der Waals surface area contributed by atoms with Crippen LogP contribution in [0.1, 0.15) is 19.8 Å². The molecule has 2 aromatic rings. The Morgan fingerprint density at radius 1 is 1.23 bits per heavy atom. The first-order chi connectivity index (χ1) is 12.3. The summed E-state index contributed by atoms with van der Waals surface area (Å²) in [5.74, 6) is 1.64. The Morgan fingerprint density at radius 2 is 2.04 bits per heavy atom. The normalized spacial score (nSPS) is 11.1. The molecule has 0 aliphatic carbocycles. The first-order valence-electron chi connectivity index (χ1n) is 8.64. The highest BCUT2D eigenvalue weighted by Crippen LogP contribution is 2.18. The molecule has 5 nitrogen and oxygen atoms in total. The Bertz CT molecular complexity index is 619. The zero-order valence-electron chi connectivity index (χ0n) is 15.0. The lowest BCUT2D eigenvalue weighted by Crippen LogP contribution is -2.38. The predicted octanol–water partition coefficient (Wildman–Crippen LogP) is 3.77. The lowest BCUT2D eigenvalue weighted by atomic mass is 10.4. The first kappa shape index (κ1) is 22.8. The fourth-order valence-corrected chi connectivity index (χ4v) is 3.04. The van der Waals surface area contributed by atoms with Gasteiger partial charge in [0.05, 0.1) is 6.33 Å². The zero-order valence-corrected chi connectivity index (χ0v) is 18.2. The van der Waals surface area contributed by atoms with E-state index >= 15 is 0 Å². The van der Waals surface area contributed by atoms with E-state index in [1.54, 1.807) is 18.0 Å². The van der Waals surface area contributed by atoms with Crippen molar-refractivity contribution in [3.05, 3.63) is 48.8 Å². The topological polar surface area (TPSA) is 54.2 Å². The van der Waals surface area contributed by atoms with Crippen LogP contribution in [-0.2, 0) is 6.54 Å². The number of hydrogen-bond donors (Lipinski definition) is 2. The van der Waals surface area contributed by atoms with Gasteiger partial charge in [-0.1, -0.05) is 0 Å². The van der Waals surface area contributed by atoms with Crippen molar-refractivity contribution in [3.63, 3.8) is 0 Å². The molecule has 0 fully saturated rings. The van der Waals surface area contributed by atoms with Crippen molar-refractivity contribution < 1.29 is 4.39 Å². The average Bonchev–Trinajstić information content (AvgIpc) is 3.13. The molecular weight excluding hydrogens is 464 g/mol. The summed E-state index contributed by atoms with van der Waals surface area (Å²) in [6, 6.07) is 6.62. The van der Waals surface area contributed by atoms with E-state index in [4.69, 9.17) is 0 Å². The number of guanidine groups is 1. The molecule has 1 aromatic carbocycles. The van der Waals surface area contributed by atoms with Gasteiger partial charge in [0.15, 0.2) is 5.96 Å². The second-order valence-electron chi connectivity index (χ2n) is 5.50. The largest absolute Gasteiger partial charge is 0.357 e. The van der Waals surface area contributed by atoms with Crippen LogP contribution < -0.4 is 10.6 Å². The van der Waals surface area contributed by atoms with E-state index in [2.05, 4.69) is 32.1 Å². The van der Waals surface area contributed by atoms with Gasteiger partial charge in [-0.25, -0.2) is 9.37 Å². The van der Waals surface area contributed by atoms with E-state index in [0.29, 0.717) is 0 Å². The van der Waals surface area contributed by atoms with Gasteiger partial charge in [-0.3, -0.25) is 4.99 Å². The number of hydrogen-bond acceptors (Lipinski definition) is 3. The fourth-order valence-electron chi connectivity index (χ4n) is 2.21. The van der Waals surface area contributed by atoms with Crippen LogP contribution in [0.2, 0.25) is 0 Å². The summed E-state index contributed by atoms with van der Waals surface area (Å²) in [6.45, 7) is 5.49. The van der Waals surface area contributed by atoms with Gasteiger partial charge in [0, 0.05) is 43.5 Å². The van der Waals surface area contributed by atoms with Gasteiger partial charge in [-0.05, 0) is 49.8 Å². The van der Waals surface area contributed by atoms with Gasteiger partial charge >= 0.3 is 0 Å². The maximum atomic E-state index is 12.9. The zero-order chi connectivity index (χ0) is 17.7. The van der Waals surface area contributed by atoms with Crippen LogP contribution in [0.25, 0.3) is 0 Å². The van der Waals surface area contributed by atoms with Crippen molar-refractivity contribution in [3.8, 4) is 0 Å². The summed E-state index contributed by atoms with van der Waals surface area (Å²) in [4.78, 5) is 9.72. The van der Waals surface area contributed by atoms with Gasteiger partial charge in [0.2, 0.25) is 0 Å². The highest BCUT2D eigenvalue weighted by atomic mass is 127. The molecule has 0 saturated heterocycles. The molecule has 0 aliphatic heterocycles. The Hall–Kier alpha value is -1.29. The van der Waals surface area contributed by atoms with E-state index in [0.717, 1.165) is 55.6 Å². The number of aliphatic imine (C=N–C) groups is 1. The quantitative estimate of drug-likeness (QED) is 0.175. The highest BCUT2D eigenvalue weighted by Gasteiger charge is 1.98. The van der Waals surface area contributed by atoms with E-state index in [9.17, 15) is 4.39 Å². The summed E-state index contributed by atoms with van der Waals surface area (Å²) in [5.41, 5.74) is 0. The molecule has 0 amide bonds. The van der Waals surface area contributed by atoms with Gasteiger partial charge in [-0.2, -0.15) is 0 Å². The number of benzene rings is 1. The number of nitrogens with one attached hydrogen (secondary N) is 2. The minimum atomic E-state index is -0.191. The second-order valence-corrected chi connectivity index (χ2v) is 6.67. The Labute approximate surface area is 176 Å². The number of aryl methyl sites for hydroxylation is 1. The summed E-state index contributed by atoms with van der Waals surface area (Å²) in [5, 5.41) is 6.62. The number of rotatable bonds is 10. The number of nitrogens with zero attached hydrogens (tertiary/aromatic N) is 3. The van der Waals surface area contributed by atoms with Gasteiger partial charge in [-0.15, -0.1) is 35.7 Å². The lowest BCUT2D eigenvalue weighted by Gasteiger charge is -2.11. The molecule has 1 heterocycles. The van der Waals surface area contributed by atoms with Crippen LogP contribution in [-0.4, -0.2) is 40.9 Å². The Balaban J connectivity index is 0.00000338. The monoisotopic (exact) mass is 491 g/mol. The summed E-state index contributed by atoms with van der Waals surface area (Å²) >= 11 is 1.73. The van der Waals surface area contributed by atoms with Crippen LogP contribution in [0.3, 0.4) is 0 Å². The molecule has 0 unspecified atom stereocenters. The Morgan fingerprint density at radius 3 is 2.73 bits per heavy atom. The lowest BCUT2D eigenvalue weighted by molar-refractivity contribution is 0.624. The minimum absolute atomic E-state index is 0. The van der Waals surface area contributed by atoms with Crippen LogP contribution in [0.15, 0.2) is 52.9 Å². The van der Waals surface area contributed by atoms with Gasteiger partial charge in [0.25, 0.3) is 0 Å². The molecule has 0 radical (unpaired) electrons. The van der Waals surface area contributed by atoms with E-state index in [1.165, 1.54) is 12.1 Å². The molecular formula is C18H27FIN5S. The second kappa shape index (κ2) is 13.9. The number of halogens is 2. The standard InChI is InChI=1S/C18H26FN5S.HI/c1-2-21-18(22-9-3-12-24-13-11-20-15-24)23-10-4-14-25-17-7-5-16(19)6-8-17;/h5-8,11,13,15H,2-4,9-10,12,14H2,1H3,(H2,21,22,23);1H. The Kier molecular flexibility index (Phi) is 12.1. The third-order valence-corrected chi connectivity index (χ3v) is 4.54. The summed E-state index contributed by atoms with van der Waals surface area (Å²) < 4.78 is 14.9. The molecule has 1 aromatic heterocycles. The van der Waals surface area contributed by atoms with Crippen molar-refractivity contribution in [1.29, 1.82) is 0 Å². The SMILES string of the molecule is CCNC(=NCCCSc1ccc(F)cc1)NCCCn1ccnc1.I. The van der Waals surface area contributed by atoms with Crippen molar-refractivity contribution in [2.45, 2.75) is 31.2 Å². The van der Waals surface area contributed by atoms with E-state index < -0.39 is 0 Å². The molecule has 0 saturated carbocycles. The number of aromatic nitrogens is 2. The fraction of sp³-hybridized carbons (Fsp3) is 0.444. The van der Waals surface area contributed by atoms with Gasteiger partial charge < -0.3 is 15.2 Å². The van der Waals surface area contributed by atoms with Gasteiger partial charge in [0.1, 0.15) is 5.82 Å². The predicted molar refractivity (Wildman–Crippen MR) is 118 cm³/mol. The van der Waals surface area contributed by atoms with E-state index in [-0.39, 0.29) is 29.8 Å². The third-order valence-electron chi connectivity index (χ3n) is 3.44. The third kappa shape index (κ3) is 9.42. The molecule has 2 rings (SSSR count). The summed E-state index contributed by atoms with van der Waals surface area (Å²) in [7, 11) is 0. The highest BCUT2D eigenvalue weighted by molar-refractivity contribution is 14.0. The van der Waals surface area contributed by atoms with Crippen molar-refractivity contribution in [1.82, 2.24) is 20.2 Å². The van der Waals surface area contributed by atoms with Crippen LogP contribution in [0.4, 0.5) is 4.39 Å². The van der Waals surface area contributed by atoms with E-state index in [1.807, 2.05) is 24.7 Å². The molecule has 8 heteroatoms. The maximum absolute atomic E-state index is 12.9. The number of thioether (sulfide) groups is 1. The van der Waals surface area contributed by atoms with Crippen molar-refractivity contribution >= 4 is 41.7 Å². The molecule has 0 atom stereocenters. The summed E-state index contributed by atoms with van der Waals surface area (Å²) in [6.07, 6.45) is 7.59. The van der Waals surface area contributed by atoms with Crippen LogP contribution >= 0.6 is 35.7 Å². The molecule has 26 heavy (non-hydrogen) atoms. The smallest absolute Gasteiger partial charge is 0.191 e. The molecule has 144 valence electrons. The van der Waals surface area contributed by atoms with Crippen molar-refractivity contribution in [2.24, 2.45) is 4.99 Å². The molecule has 0 aliphatic rings. The first-order valence-corrected chi connectivity index (χ1v) is 9.63. The van der Waals surface area contributed by atoms with Crippen LogP contribution in [0, 0.1) is 5.82 Å². The van der Waals surface area contributed by atoms with Crippen molar-refractivity contribution in [2.75, 3.05) is 25.4 Å². The maximum Gasteiger partial charge on any atom is 0.191 e. The number of imidazole rings is 1. The van der Waals surface area contributed by atoms with Crippen LogP contribution in [0.5, 0.6) is 0 Å². The molecule has 0 bridgehead atoms.